The summed E-state index contributed by atoms with van der Waals surface area (Å²) >= 11 is 0. The summed E-state index contributed by atoms with van der Waals surface area (Å²) < 4.78 is 0. The van der Waals surface area contributed by atoms with Gasteiger partial charge in [0.25, 0.3) is 0 Å². The molecule has 41 heavy (non-hydrogen) atoms. The Balaban J connectivity index is 2.31. The number of carbonyl (C=O) groups excluding carboxylic acids is 3. The van der Waals surface area contributed by atoms with Crippen molar-refractivity contribution in [2.24, 2.45) is 11.7 Å². The first-order valence-corrected chi connectivity index (χ1v) is 13.3. The van der Waals surface area contributed by atoms with Gasteiger partial charge in [-0.15, -0.1) is 0 Å². The summed E-state index contributed by atoms with van der Waals surface area (Å²) in [5, 5.41) is 35.8. The standard InChI is InChI=1S/C29H38N4O8/c1-17(2)14-24(29(40)41)33-28(39)23(16-19-8-10-20(34)11-9-19)32-27(38)22(15-18-6-4-3-5-7-18)31-26(37)21(30)12-13-25(35)36/h3-11,17,21-24,34H,12-16,30H2,1-2H3,(H,31,37)(H,32,38)(H,33,39)(H,35,36)(H,40,41). The number of aliphatic carboxylic acids is 2. The van der Waals surface area contributed by atoms with E-state index in [1.165, 1.54) is 12.1 Å². The lowest BCUT2D eigenvalue weighted by molar-refractivity contribution is -0.143. The van der Waals surface area contributed by atoms with Crippen molar-refractivity contribution in [1.82, 2.24) is 16.0 Å². The molecular formula is C29H38N4O8. The van der Waals surface area contributed by atoms with Crippen LogP contribution in [0.4, 0.5) is 0 Å². The van der Waals surface area contributed by atoms with Crippen molar-refractivity contribution in [1.29, 1.82) is 0 Å². The van der Waals surface area contributed by atoms with Gasteiger partial charge in [0, 0.05) is 19.3 Å². The fourth-order valence-corrected chi connectivity index (χ4v) is 4.06. The molecule has 0 spiro atoms. The number of benzene rings is 2. The second kappa shape index (κ2) is 16.0. The summed E-state index contributed by atoms with van der Waals surface area (Å²) in [7, 11) is 0. The molecule has 0 aromatic heterocycles. The highest BCUT2D eigenvalue weighted by atomic mass is 16.4. The van der Waals surface area contributed by atoms with Crippen LogP contribution in [-0.2, 0) is 36.8 Å². The number of aromatic hydroxyl groups is 1. The molecule has 3 amide bonds. The predicted octanol–water partition coefficient (Wildman–Crippen LogP) is 0.955. The largest absolute Gasteiger partial charge is 0.508 e. The first kappa shape index (κ1) is 32.8. The second-order valence-corrected chi connectivity index (χ2v) is 10.3. The number of phenols is 1. The quantitative estimate of drug-likeness (QED) is 0.153. The summed E-state index contributed by atoms with van der Waals surface area (Å²) in [5.41, 5.74) is 7.13. The van der Waals surface area contributed by atoms with E-state index in [-0.39, 0.29) is 43.8 Å². The van der Waals surface area contributed by atoms with Gasteiger partial charge in [-0.1, -0.05) is 56.3 Å². The molecular weight excluding hydrogens is 532 g/mol. The molecule has 2 aromatic carbocycles. The van der Waals surface area contributed by atoms with Crippen LogP contribution in [0.2, 0.25) is 0 Å². The average Bonchev–Trinajstić information content (AvgIpc) is 2.91. The molecule has 0 saturated carbocycles. The number of phenolic OH excluding ortho intramolecular Hbond substituents is 1. The monoisotopic (exact) mass is 570 g/mol. The van der Waals surface area contributed by atoms with Crippen molar-refractivity contribution in [2.45, 2.75) is 70.1 Å². The molecule has 0 aliphatic rings. The zero-order valence-electron chi connectivity index (χ0n) is 23.1. The molecule has 4 atom stereocenters. The number of carboxylic acids is 2. The van der Waals surface area contributed by atoms with Gasteiger partial charge in [0.2, 0.25) is 17.7 Å². The van der Waals surface area contributed by atoms with Gasteiger partial charge in [-0.2, -0.15) is 0 Å². The van der Waals surface area contributed by atoms with Crippen molar-refractivity contribution in [3.63, 3.8) is 0 Å². The Bertz CT molecular complexity index is 1190. The predicted molar refractivity (Wildman–Crippen MR) is 150 cm³/mol. The summed E-state index contributed by atoms with van der Waals surface area (Å²) in [4.78, 5) is 62.3. The van der Waals surface area contributed by atoms with Gasteiger partial charge < -0.3 is 37.0 Å². The molecule has 8 N–H and O–H groups in total. The molecule has 2 aromatic rings. The molecule has 0 aliphatic carbocycles. The van der Waals surface area contributed by atoms with Crippen LogP contribution >= 0.6 is 0 Å². The first-order chi connectivity index (χ1) is 19.3. The van der Waals surface area contributed by atoms with E-state index in [2.05, 4.69) is 16.0 Å². The van der Waals surface area contributed by atoms with Gasteiger partial charge in [-0.05, 0) is 42.0 Å². The Labute approximate surface area is 238 Å². The Hall–Kier alpha value is -4.45. The van der Waals surface area contributed by atoms with Gasteiger partial charge in [0.15, 0.2) is 0 Å². The highest BCUT2D eigenvalue weighted by molar-refractivity contribution is 5.94. The highest BCUT2D eigenvalue weighted by Crippen LogP contribution is 2.13. The van der Waals surface area contributed by atoms with Gasteiger partial charge in [0.1, 0.15) is 23.9 Å². The second-order valence-electron chi connectivity index (χ2n) is 10.3. The third-order valence-corrected chi connectivity index (χ3v) is 6.25. The van der Waals surface area contributed by atoms with Crippen molar-refractivity contribution < 1.29 is 39.3 Å². The number of amides is 3. The van der Waals surface area contributed by atoms with Gasteiger partial charge in [0.05, 0.1) is 6.04 Å². The molecule has 0 saturated heterocycles. The summed E-state index contributed by atoms with van der Waals surface area (Å²) in [5.74, 6) is -4.54. The normalized spacial score (nSPS) is 13.9. The number of nitrogens with one attached hydrogen (secondary N) is 3. The topological polar surface area (TPSA) is 208 Å². The lowest BCUT2D eigenvalue weighted by Gasteiger charge is -2.26. The van der Waals surface area contributed by atoms with Crippen LogP contribution in [0.25, 0.3) is 0 Å². The fraction of sp³-hybridized carbons (Fsp3) is 0.414. The minimum absolute atomic E-state index is 0.00605. The number of rotatable bonds is 16. The lowest BCUT2D eigenvalue weighted by Crippen LogP contribution is -2.58. The molecule has 222 valence electrons. The van der Waals surface area contributed by atoms with E-state index in [0.29, 0.717) is 11.1 Å². The van der Waals surface area contributed by atoms with E-state index in [4.69, 9.17) is 10.8 Å². The van der Waals surface area contributed by atoms with Crippen molar-refractivity contribution in [2.75, 3.05) is 0 Å². The number of nitrogens with two attached hydrogens (primary N) is 1. The van der Waals surface area contributed by atoms with E-state index in [1.54, 1.807) is 42.5 Å². The van der Waals surface area contributed by atoms with E-state index in [9.17, 15) is 34.2 Å². The molecule has 0 radical (unpaired) electrons. The summed E-state index contributed by atoms with van der Waals surface area (Å²) in [6.45, 7) is 3.63. The smallest absolute Gasteiger partial charge is 0.326 e. The molecule has 0 heterocycles. The zero-order chi connectivity index (χ0) is 30.5. The van der Waals surface area contributed by atoms with E-state index < -0.39 is 53.8 Å². The van der Waals surface area contributed by atoms with Crippen LogP contribution in [0.3, 0.4) is 0 Å². The first-order valence-electron chi connectivity index (χ1n) is 13.3. The van der Waals surface area contributed by atoms with Crippen LogP contribution in [0.1, 0.15) is 44.2 Å². The Morgan fingerprint density at radius 3 is 1.71 bits per heavy atom. The average molecular weight is 571 g/mol. The molecule has 0 aliphatic heterocycles. The number of hydrogen-bond donors (Lipinski definition) is 7. The zero-order valence-corrected chi connectivity index (χ0v) is 23.1. The summed E-state index contributed by atoms with van der Waals surface area (Å²) in [6.07, 6.45) is -0.292. The van der Waals surface area contributed by atoms with E-state index in [1.807, 2.05) is 13.8 Å². The minimum Gasteiger partial charge on any atom is -0.508 e. The van der Waals surface area contributed by atoms with E-state index >= 15 is 0 Å². The minimum atomic E-state index is -1.23. The van der Waals surface area contributed by atoms with Crippen molar-refractivity contribution >= 4 is 29.7 Å². The maximum absolute atomic E-state index is 13.5. The Morgan fingerprint density at radius 2 is 1.22 bits per heavy atom. The van der Waals surface area contributed by atoms with Crippen LogP contribution in [0, 0.1) is 5.92 Å². The highest BCUT2D eigenvalue weighted by Gasteiger charge is 2.31. The number of hydrogen-bond acceptors (Lipinski definition) is 7. The SMILES string of the molecule is CC(C)CC(NC(=O)C(Cc1ccc(O)cc1)NC(=O)C(Cc1ccccc1)NC(=O)C(N)CCC(=O)O)C(=O)O. The van der Waals surface area contributed by atoms with Crippen LogP contribution in [0.5, 0.6) is 5.75 Å². The third-order valence-electron chi connectivity index (χ3n) is 6.25. The molecule has 12 heteroatoms. The molecule has 2 rings (SSSR count). The third kappa shape index (κ3) is 11.7. The molecule has 4 unspecified atom stereocenters. The van der Waals surface area contributed by atoms with Gasteiger partial charge >= 0.3 is 11.9 Å². The fourth-order valence-electron chi connectivity index (χ4n) is 4.06. The Morgan fingerprint density at radius 1 is 0.732 bits per heavy atom. The maximum Gasteiger partial charge on any atom is 0.326 e. The van der Waals surface area contributed by atoms with Crippen LogP contribution in [0.15, 0.2) is 54.6 Å². The van der Waals surface area contributed by atoms with Gasteiger partial charge in [-0.3, -0.25) is 19.2 Å². The summed E-state index contributed by atoms with van der Waals surface area (Å²) in [6, 6.07) is 10.00. The number of carbonyl (C=O) groups is 5. The van der Waals surface area contributed by atoms with E-state index in [0.717, 1.165) is 0 Å². The van der Waals surface area contributed by atoms with Crippen LogP contribution in [-0.4, -0.2) is 69.1 Å². The molecule has 0 fully saturated rings. The van der Waals surface area contributed by atoms with Crippen LogP contribution < -0.4 is 21.7 Å². The maximum atomic E-state index is 13.5. The Kier molecular flexibility index (Phi) is 12.8. The lowest BCUT2D eigenvalue weighted by atomic mass is 10.0. The number of carboxylic acid groups (broad SMARTS) is 2. The van der Waals surface area contributed by atoms with Gasteiger partial charge in [-0.25, -0.2) is 4.79 Å². The molecule has 0 bridgehead atoms. The molecule has 12 nitrogen and oxygen atoms in total. The van der Waals surface area contributed by atoms with Crippen molar-refractivity contribution in [3.8, 4) is 5.75 Å². The van der Waals surface area contributed by atoms with Crippen molar-refractivity contribution in [3.05, 3.63) is 65.7 Å².